The van der Waals surface area contributed by atoms with Crippen molar-refractivity contribution < 1.29 is 9.47 Å². The van der Waals surface area contributed by atoms with E-state index in [0.717, 1.165) is 22.2 Å². The van der Waals surface area contributed by atoms with Gasteiger partial charge in [0.15, 0.2) is 0 Å². The van der Waals surface area contributed by atoms with E-state index in [1.54, 1.807) is 0 Å². The zero-order chi connectivity index (χ0) is 15.1. The van der Waals surface area contributed by atoms with E-state index in [-0.39, 0.29) is 0 Å². The van der Waals surface area contributed by atoms with Gasteiger partial charge in [0.25, 0.3) is 0 Å². The number of halogens is 1. The molecule has 0 atom stereocenters. The molecule has 0 radical (unpaired) electrons. The maximum Gasteiger partial charge on any atom is 0.129 e. The van der Waals surface area contributed by atoms with Crippen molar-refractivity contribution in [2.45, 2.75) is 6.42 Å². The highest BCUT2D eigenvalue weighted by Crippen LogP contribution is 2.19. The molecule has 2 aromatic rings. The van der Waals surface area contributed by atoms with Crippen LogP contribution in [0.1, 0.15) is 12.0 Å². The first kappa shape index (κ1) is 15.8. The molecule has 2 rings (SSSR count). The van der Waals surface area contributed by atoms with E-state index in [4.69, 9.17) is 27.4 Å². The summed E-state index contributed by atoms with van der Waals surface area (Å²) in [6, 6.07) is 15.3. The summed E-state index contributed by atoms with van der Waals surface area (Å²) in [5, 5.41) is 0. The number of benzene rings is 2. The first-order chi connectivity index (χ1) is 10.2. The van der Waals surface area contributed by atoms with Crippen molar-refractivity contribution in [3.8, 4) is 11.5 Å². The van der Waals surface area contributed by atoms with Gasteiger partial charge in [-0.05, 0) is 30.3 Å². The zero-order valence-corrected chi connectivity index (χ0v) is 13.8. The van der Waals surface area contributed by atoms with Crippen LogP contribution in [0.3, 0.4) is 0 Å². The van der Waals surface area contributed by atoms with Crippen molar-refractivity contribution in [2.75, 3.05) is 13.2 Å². The summed E-state index contributed by atoms with van der Waals surface area (Å²) >= 11 is 8.40. The van der Waals surface area contributed by atoms with Gasteiger partial charge in [-0.1, -0.05) is 46.3 Å². The topological polar surface area (TPSA) is 44.5 Å². The molecule has 0 aliphatic carbocycles. The molecule has 0 fully saturated rings. The van der Waals surface area contributed by atoms with Crippen molar-refractivity contribution in [1.82, 2.24) is 0 Å². The van der Waals surface area contributed by atoms with E-state index in [9.17, 15) is 0 Å². The molecule has 110 valence electrons. The van der Waals surface area contributed by atoms with Crippen molar-refractivity contribution in [3.63, 3.8) is 0 Å². The Hall–Kier alpha value is -1.59. The number of para-hydroxylation sites is 1. The fourth-order valence-electron chi connectivity index (χ4n) is 1.78. The highest BCUT2D eigenvalue weighted by Gasteiger charge is 2.05. The molecule has 0 aliphatic rings. The van der Waals surface area contributed by atoms with Crippen LogP contribution < -0.4 is 15.2 Å². The molecule has 3 nitrogen and oxygen atoms in total. The maximum atomic E-state index is 5.70. The zero-order valence-electron chi connectivity index (χ0n) is 11.4. The molecule has 0 saturated carbocycles. The van der Waals surface area contributed by atoms with E-state index < -0.39 is 0 Å². The number of thiocarbonyl (C=S) groups is 1. The molecule has 0 amide bonds. The van der Waals surface area contributed by atoms with E-state index in [2.05, 4.69) is 15.9 Å². The largest absolute Gasteiger partial charge is 0.493 e. The van der Waals surface area contributed by atoms with E-state index in [1.807, 2.05) is 48.5 Å². The standard InChI is InChI=1S/C16H16BrNO2S/c17-12-5-3-6-13(11-12)19-9-4-10-20-15-8-2-1-7-14(15)16(18)21/h1-3,5-8,11H,4,9-10H2,(H2,18,21). The quantitative estimate of drug-likeness (QED) is 0.596. The Morgan fingerprint density at radius 3 is 2.57 bits per heavy atom. The second-order valence-electron chi connectivity index (χ2n) is 4.37. The summed E-state index contributed by atoms with van der Waals surface area (Å²) in [5.74, 6) is 1.56. The lowest BCUT2D eigenvalue weighted by atomic mass is 10.2. The summed E-state index contributed by atoms with van der Waals surface area (Å²) in [6.45, 7) is 1.14. The fraction of sp³-hybridized carbons (Fsp3) is 0.188. The third-order valence-corrected chi connectivity index (χ3v) is 3.48. The lowest BCUT2D eigenvalue weighted by Crippen LogP contribution is -2.12. The van der Waals surface area contributed by atoms with Gasteiger partial charge in [-0.15, -0.1) is 0 Å². The molecule has 0 unspecified atom stereocenters. The van der Waals surface area contributed by atoms with E-state index in [1.165, 1.54) is 0 Å². The van der Waals surface area contributed by atoms with Gasteiger partial charge in [-0.25, -0.2) is 0 Å². The Labute approximate surface area is 138 Å². The molecule has 0 heterocycles. The molecule has 0 spiro atoms. The Morgan fingerprint density at radius 1 is 1.05 bits per heavy atom. The van der Waals surface area contributed by atoms with Gasteiger partial charge in [0.2, 0.25) is 0 Å². The van der Waals surface area contributed by atoms with Gasteiger partial charge in [0.1, 0.15) is 16.5 Å². The summed E-state index contributed by atoms with van der Waals surface area (Å²) in [6.07, 6.45) is 0.776. The lowest BCUT2D eigenvalue weighted by molar-refractivity contribution is 0.247. The molecular weight excluding hydrogens is 350 g/mol. The first-order valence-corrected chi connectivity index (χ1v) is 7.77. The van der Waals surface area contributed by atoms with Gasteiger partial charge >= 0.3 is 0 Å². The van der Waals surface area contributed by atoms with E-state index in [0.29, 0.717) is 24.0 Å². The van der Waals surface area contributed by atoms with Gasteiger partial charge in [0.05, 0.1) is 18.8 Å². The summed E-state index contributed by atoms with van der Waals surface area (Å²) in [7, 11) is 0. The number of rotatable bonds is 7. The summed E-state index contributed by atoms with van der Waals surface area (Å²) in [5.41, 5.74) is 6.42. The maximum absolute atomic E-state index is 5.70. The predicted molar refractivity (Wildman–Crippen MR) is 92.1 cm³/mol. The van der Waals surface area contributed by atoms with Crippen molar-refractivity contribution in [1.29, 1.82) is 0 Å². The lowest BCUT2D eigenvalue weighted by Gasteiger charge is -2.11. The first-order valence-electron chi connectivity index (χ1n) is 6.57. The highest BCUT2D eigenvalue weighted by atomic mass is 79.9. The molecule has 0 aromatic heterocycles. The SMILES string of the molecule is NC(=S)c1ccccc1OCCCOc1cccc(Br)c1. The Morgan fingerprint density at radius 2 is 1.81 bits per heavy atom. The molecule has 0 bridgehead atoms. The smallest absolute Gasteiger partial charge is 0.129 e. The van der Waals surface area contributed by atoms with Crippen LogP contribution in [-0.4, -0.2) is 18.2 Å². The minimum absolute atomic E-state index is 0.344. The van der Waals surface area contributed by atoms with Crippen molar-refractivity contribution in [2.24, 2.45) is 5.73 Å². The highest BCUT2D eigenvalue weighted by molar-refractivity contribution is 9.10. The van der Waals surface area contributed by atoms with Crippen LogP contribution in [0.2, 0.25) is 0 Å². The van der Waals surface area contributed by atoms with Crippen LogP contribution in [0.25, 0.3) is 0 Å². The van der Waals surface area contributed by atoms with Gasteiger partial charge < -0.3 is 15.2 Å². The molecule has 2 N–H and O–H groups in total. The molecule has 0 saturated heterocycles. The summed E-state index contributed by atoms with van der Waals surface area (Å²) < 4.78 is 12.3. The molecule has 21 heavy (non-hydrogen) atoms. The Bertz CT molecular complexity index is 619. The van der Waals surface area contributed by atoms with Gasteiger partial charge in [-0.2, -0.15) is 0 Å². The number of hydrogen-bond donors (Lipinski definition) is 1. The van der Waals surface area contributed by atoms with E-state index >= 15 is 0 Å². The second-order valence-corrected chi connectivity index (χ2v) is 5.72. The van der Waals surface area contributed by atoms with Crippen molar-refractivity contribution >= 4 is 33.1 Å². The molecule has 5 heteroatoms. The minimum Gasteiger partial charge on any atom is -0.493 e. The Balaban J connectivity index is 1.76. The second kappa shape index (κ2) is 8.00. The monoisotopic (exact) mass is 365 g/mol. The molecular formula is C16H16BrNO2S. The number of ether oxygens (including phenoxy) is 2. The average molecular weight is 366 g/mol. The summed E-state index contributed by atoms with van der Waals surface area (Å²) in [4.78, 5) is 0.344. The van der Waals surface area contributed by atoms with Crippen molar-refractivity contribution in [3.05, 3.63) is 58.6 Å². The third kappa shape index (κ3) is 5.02. The Kier molecular flexibility index (Phi) is 6.02. The van der Waals surface area contributed by atoms with Crippen LogP contribution in [0, 0.1) is 0 Å². The van der Waals surface area contributed by atoms with Crippen LogP contribution >= 0.6 is 28.1 Å². The minimum atomic E-state index is 0.344. The number of hydrogen-bond acceptors (Lipinski definition) is 3. The van der Waals surface area contributed by atoms with Gasteiger partial charge in [0, 0.05) is 10.9 Å². The van der Waals surface area contributed by atoms with Gasteiger partial charge in [-0.3, -0.25) is 0 Å². The van der Waals surface area contributed by atoms with Crippen LogP contribution in [0.4, 0.5) is 0 Å². The third-order valence-electron chi connectivity index (χ3n) is 2.76. The molecule has 2 aromatic carbocycles. The average Bonchev–Trinajstić information content (AvgIpc) is 2.47. The van der Waals surface area contributed by atoms with Crippen LogP contribution in [-0.2, 0) is 0 Å². The van der Waals surface area contributed by atoms with Crippen LogP contribution in [0.15, 0.2) is 53.0 Å². The fourth-order valence-corrected chi connectivity index (χ4v) is 2.33. The molecule has 0 aliphatic heterocycles. The predicted octanol–water partition coefficient (Wildman–Crippen LogP) is 3.93. The number of nitrogens with two attached hydrogens (primary N) is 1. The van der Waals surface area contributed by atoms with Crippen LogP contribution in [0.5, 0.6) is 11.5 Å². The normalized spacial score (nSPS) is 10.1.